The first-order valence-corrected chi connectivity index (χ1v) is 6.44. The van der Waals surface area contributed by atoms with Crippen LogP contribution in [0.3, 0.4) is 0 Å². The summed E-state index contributed by atoms with van der Waals surface area (Å²) in [6.45, 7) is 0. The molecule has 0 aliphatic rings. The summed E-state index contributed by atoms with van der Waals surface area (Å²) >= 11 is 0. The monoisotopic (exact) mass is 267 g/mol. The Hall–Kier alpha value is -1.08. The van der Waals surface area contributed by atoms with Crippen LogP contribution in [0.25, 0.3) is 0 Å². The number of benzene rings is 1. The van der Waals surface area contributed by atoms with Crippen LogP contribution in [0.5, 0.6) is 0 Å². The van der Waals surface area contributed by atoms with Crippen molar-refractivity contribution in [1.82, 2.24) is 0 Å². The van der Waals surface area contributed by atoms with Gasteiger partial charge in [-0.25, -0.2) is 13.6 Å². The number of primary sulfonamides is 1. The normalized spacial score (nSPS) is 14.6. The molecule has 0 bridgehead atoms. The van der Waals surface area contributed by atoms with Gasteiger partial charge in [0.15, 0.2) is 5.25 Å². The van der Waals surface area contributed by atoms with Crippen LogP contribution < -0.4 is 5.14 Å². The van der Waals surface area contributed by atoms with E-state index in [9.17, 15) is 21.6 Å². The van der Waals surface area contributed by atoms with Gasteiger partial charge in [-0.2, -0.15) is 13.2 Å². The molecule has 1 aromatic carbocycles. The van der Waals surface area contributed by atoms with E-state index in [1.54, 1.807) is 30.3 Å². The zero-order valence-corrected chi connectivity index (χ0v) is 9.63. The molecular weight excluding hydrogens is 255 g/mol. The summed E-state index contributed by atoms with van der Waals surface area (Å²) in [6.07, 6.45) is -5.38. The quantitative estimate of drug-likeness (QED) is 0.904. The average Bonchev–Trinajstić information content (AvgIpc) is 2.15. The van der Waals surface area contributed by atoms with Crippen LogP contribution in [0.15, 0.2) is 30.3 Å². The van der Waals surface area contributed by atoms with Crippen LogP contribution in [0, 0.1) is 0 Å². The second kappa shape index (κ2) is 5.05. The molecule has 0 heterocycles. The van der Waals surface area contributed by atoms with Crippen molar-refractivity contribution in [1.29, 1.82) is 0 Å². The van der Waals surface area contributed by atoms with Crippen molar-refractivity contribution in [3.63, 3.8) is 0 Å². The molecular formula is C10H12F3NO2S. The topological polar surface area (TPSA) is 60.2 Å². The molecule has 17 heavy (non-hydrogen) atoms. The lowest BCUT2D eigenvalue weighted by Gasteiger charge is -2.17. The smallest absolute Gasteiger partial charge is 0.228 e. The summed E-state index contributed by atoms with van der Waals surface area (Å²) < 4.78 is 59.1. The van der Waals surface area contributed by atoms with Crippen molar-refractivity contribution in [2.75, 3.05) is 0 Å². The fraction of sp³-hybridized carbons (Fsp3) is 0.400. The highest BCUT2D eigenvalue weighted by atomic mass is 32.2. The molecule has 0 aliphatic heterocycles. The fourth-order valence-corrected chi connectivity index (χ4v) is 2.28. The van der Waals surface area contributed by atoms with E-state index in [2.05, 4.69) is 5.14 Å². The molecule has 0 aromatic heterocycles. The summed E-state index contributed by atoms with van der Waals surface area (Å²) in [5.74, 6) is 0. The number of hydrogen-bond donors (Lipinski definition) is 1. The molecule has 1 atom stereocenters. The maximum atomic E-state index is 12.5. The first kappa shape index (κ1) is 14.0. The molecule has 0 radical (unpaired) electrons. The molecule has 1 aromatic rings. The van der Waals surface area contributed by atoms with E-state index in [1.807, 2.05) is 0 Å². The van der Waals surface area contributed by atoms with Gasteiger partial charge in [0.05, 0.1) is 0 Å². The fourth-order valence-electron chi connectivity index (χ4n) is 1.46. The number of halogens is 3. The summed E-state index contributed by atoms with van der Waals surface area (Å²) in [5, 5.41) is 2.08. The molecule has 2 N–H and O–H groups in total. The third-order valence-corrected chi connectivity index (χ3v) is 3.60. The number of hydrogen-bond acceptors (Lipinski definition) is 2. The Morgan fingerprint density at radius 1 is 1.18 bits per heavy atom. The van der Waals surface area contributed by atoms with E-state index in [1.165, 1.54) is 0 Å². The Kier molecular flexibility index (Phi) is 4.16. The number of sulfonamides is 1. The zero-order chi connectivity index (χ0) is 13.1. The van der Waals surface area contributed by atoms with Crippen molar-refractivity contribution in [3.05, 3.63) is 35.9 Å². The molecule has 0 saturated carbocycles. The van der Waals surface area contributed by atoms with Crippen LogP contribution in [-0.2, 0) is 16.4 Å². The number of aryl methyl sites for hydroxylation is 1. The van der Waals surface area contributed by atoms with E-state index in [0.717, 1.165) is 0 Å². The van der Waals surface area contributed by atoms with Crippen LogP contribution in [0.4, 0.5) is 13.2 Å². The van der Waals surface area contributed by atoms with Gasteiger partial charge >= 0.3 is 6.18 Å². The lowest BCUT2D eigenvalue weighted by molar-refractivity contribution is -0.131. The molecule has 96 valence electrons. The second-order valence-corrected chi connectivity index (χ2v) is 5.39. The van der Waals surface area contributed by atoms with Crippen molar-refractivity contribution in [2.24, 2.45) is 5.14 Å². The first-order valence-electron chi connectivity index (χ1n) is 4.83. The highest BCUT2D eigenvalue weighted by Gasteiger charge is 2.46. The predicted molar refractivity (Wildman–Crippen MR) is 57.7 cm³/mol. The molecule has 0 fully saturated rings. The molecule has 1 unspecified atom stereocenters. The third kappa shape index (κ3) is 4.35. The molecule has 0 amide bonds. The average molecular weight is 267 g/mol. The Balaban J connectivity index is 2.77. The standard InChI is InChI=1S/C10H12F3NO2S/c11-10(12,13)9(17(14,15)16)7-6-8-4-2-1-3-5-8/h1-5,9H,6-7H2,(H2,14,15,16). The lowest BCUT2D eigenvalue weighted by Crippen LogP contribution is -2.41. The summed E-state index contributed by atoms with van der Waals surface area (Å²) in [7, 11) is -4.62. The Labute approximate surface area is 97.5 Å². The molecule has 7 heteroatoms. The molecule has 0 spiro atoms. The minimum atomic E-state index is -4.83. The Morgan fingerprint density at radius 3 is 2.12 bits per heavy atom. The van der Waals surface area contributed by atoms with Crippen LogP contribution >= 0.6 is 0 Å². The van der Waals surface area contributed by atoms with E-state index in [0.29, 0.717) is 5.56 Å². The zero-order valence-electron chi connectivity index (χ0n) is 8.81. The van der Waals surface area contributed by atoms with Gasteiger partial charge in [0.1, 0.15) is 0 Å². The van der Waals surface area contributed by atoms with Gasteiger partial charge < -0.3 is 0 Å². The highest BCUT2D eigenvalue weighted by molar-refractivity contribution is 7.89. The molecule has 1 rings (SSSR count). The summed E-state index contributed by atoms with van der Waals surface area (Å²) in [6, 6.07) is 8.35. The summed E-state index contributed by atoms with van der Waals surface area (Å²) in [4.78, 5) is 0. The van der Waals surface area contributed by atoms with Crippen LogP contribution in [0.2, 0.25) is 0 Å². The molecule has 0 saturated heterocycles. The van der Waals surface area contributed by atoms with Gasteiger partial charge in [0.25, 0.3) is 0 Å². The van der Waals surface area contributed by atoms with Gasteiger partial charge in [-0.1, -0.05) is 30.3 Å². The van der Waals surface area contributed by atoms with Gasteiger partial charge in [0, 0.05) is 0 Å². The van der Waals surface area contributed by atoms with E-state index < -0.39 is 27.9 Å². The van der Waals surface area contributed by atoms with Crippen LogP contribution in [0.1, 0.15) is 12.0 Å². The SMILES string of the molecule is NS(=O)(=O)C(CCc1ccccc1)C(F)(F)F. The van der Waals surface area contributed by atoms with E-state index in [4.69, 9.17) is 0 Å². The van der Waals surface area contributed by atoms with Gasteiger partial charge in [-0.05, 0) is 18.4 Å². The number of nitrogens with two attached hydrogens (primary N) is 1. The Bertz CT molecular complexity index is 456. The Morgan fingerprint density at radius 2 is 1.71 bits per heavy atom. The maximum Gasteiger partial charge on any atom is 0.406 e. The van der Waals surface area contributed by atoms with E-state index >= 15 is 0 Å². The minimum Gasteiger partial charge on any atom is -0.228 e. The minimum absolute atomic E-state index is 0.0153. The molecule has 3 nitrogen and oxygen atoms in total. The molecule has 0 aliphatic carbocycles. The summed E-state index contributed by atoms with van der Waals surface area (Å²) in [5.41, 5.74) is 0.644. The predicted octanol–water partition coefficient (Wildman–Crippen LogP) is 1.84. The lowest BCUT2D eigenvalue weighted by atomic mass is 10.1. The van der Waals surface area contributed by atoms with Crippen LogP contribution in [-0.4, -0.2) is 19.8 Å². The van der Waals surface area contributed by atoms with Gasteiger partial charge in [-0.15, -0.1) is 0 Å². The number of rotatable bonds is 4. The second-order valence-electron chi connectivity index (χ2n) is 3.64. The maximum absolute atomic E-state index is 12.5. The third-order valence-electron chi connectivity index (χ3n) is 2.30. The van der Waals surface area contributed by atoms with E-state index in [-0.39, 0.29) is 6.42 Å². The van der Waals surface area contributed by atoms with Crippen molar-refractivity contribution in [2.45, 2.75) is 24.3 Å². The number of alkyl halides is 3. The van der Waals surface area contributed by atoms with Crippen molar-refractivity contribution < 1.29 is 21.6 Å². The van der Waals surface area contributed by atoms with Gasteiger partial charge in [0.2, 0.25) is 10.0 Å². The first-order chi connectivity index (χ1) is 7.71. The van der Waals surface area contributed by atoms with Crippen molar-refractivity contribution >= 4 is 10.0 Å². The van der Waals surface area contributed by atoms with Crippen molar-refractivity contribution in [3.8, 4) is 0 Å². The highest BCUT2D eigenvalue weighted by Crippen LogP contribution is 2.28. The largest absolute Gasteiger partial charge is 0.406 e. The van der Waals surface area contributed by atoms with Gasteiger partial charge in [-0.3, -0.25) is 0 Å².